The fourth-order valence-corrected chi connectivity index (χ4v) is 3.61. The highest BCUT2D eigenvalue weighted by Gasteiger charge is 2.21. The highest BCUT2D eigenvalue weighted by molar-refractivity contribution is 7.85. The minimum Gasteiger partial charge on any atom is -0.707 e. The molecular weight excluding hydrogens is 524 g/mol. The summed E-state index contributed by atoms with van der Waals surface area (Å²) >= 11 is 0. The summed E-state index contributed by atoms with van der Waals surface area (Å²) in [4.78, 5) is 2.33. The van der Waals surface area contributed by atoms with Gasteiger partial charge in [0.1, 0.15) is 30.4 Å². The SMILES string of the molecule is CCCCOc1cc(N(C)/N=C/c2cccc[n+]2C)c(OCCCC)cc1N1CCOCC1.CS(=O)(=O)O[O-]. The minimum atomic E-state index is -3.72. The minimum absolute atomic E-state index is 0.674. The highest BCUT2D eigenvalue weighted by atomic mass is 32.2. The number of morpholine rings is 1. The van der Waals surface area contributed by atoms with Crippen LogP contribution in [0.5, 0.6) is 11.5 Å². The Morgan fingerprint density at radius 3 is 2.28 bits per heavy atom. The third-order valence-corrected chi connectivity index (χ3v) is 6.08. The van der Waals surface area contributed by atoms with E-state index < -0.39 is 10.1 Å². The third-order valence-electron chi connectivity index (χ3n) is 5.83. The Morgan fingerprint density at radius 2 is 1.72 bits per heavy atom. The molecular formula is C27H42N4O7S. The van der Waals surface area contributed by atoms with E-state index in [0.717, 1.165) is 80.6 Å². The Bertz CT molecular complexity index is 1140. The first-order valence-corrected chi connectivity index (χ1v) is 15.0. The lowest BCUT2D eigenvalue weighted by atomic mass is 10.2. The fraction of sp³-hybridized carbons (Fsp3) is 0.556. The molecule has 3 rings (SSSR count). The molecule has 0 atom stereocenters. The maximum Gasteiger partial charge on any atom is 0.255 e. The van der Waals surface area contributed by atoms with Crippen molar-refractivity contribution in [2.45, 2.75) is 39.5 Å². The molecule has 1 aliphatic heterocycles. The predicted molar refractivity (Wildman–Crippen MR) is 150 cm³/mol. The molecule has 218 valence electrons. The van der Waals surface area contributed by atoms with Crippen LogP contribution in [0.15, 0.2) is 41.6 Å². The topological polar surface area (TPSA) is 117 Å². The van der Waals surface area contributed by atoms with E-state index in [-0.39, 0.29) is 0 Å². The second kappa shape index (κ2) is 16.9. The molecule has 1 aromatic heterocycles. The zero-order chi connectivity index (χ0) is 28.7. The first-order valence-electron chi connectivity index (χ1n) is 13.2. The van der Waals surface area contributed by atoms with Crippen molar-refractivity contribution in [1.82, 2.24) is 0 Å². The predicted octanol–water partition coefficient (Wildman–Crippen LogP) is 2.41. The molecule has 0 aliphatic carbocycles. The zero-order valence-corrected chi connectivity index (χ0v) is 24.5. The molecule has 0 spiro atoms. The van der Waals surface area contributed by atoms with Gasteiger partial charge < -0.3 is 28.7 Å². The monoisotopic (exact) mass is 566 g/mol. The average molecular weight is 567 g/mol. The smallest absolute Gasteiger partial charge is 0.255 e. The molecule has 12 heteroatoms. The van der Waals surface area contributed by atoms with Crippen LogP contribution in [0.1, 0.15) is 45.2 Å². The number of aryl methyl sites for hydroxylation is 1. The van der Waals surface area contributed by atoms with Crippen LogP contribution >= 0.6 is 0 Å². The van der Waals surface area contributed by atoms with E-state index in [2.05, 4.69) is 35.2 Å². The average Bonchev–Trinajstić information content (AvgIpc) is 2.93. The lowest BCUT2D eigenvalue weighted by molar-refractivity contribution is -0.672. The van der Waals surface area contributed by atoms with Crippen molar-refractivity contribution < 1.29 is 36.8 Å². The molecule has 39 heavy (non-hydrogen) atoms. The number of anilines is 2. The van der Waals surface area contributed by atoms with E-state index >= 15 is 0 Å². The van der Waals surface area contributed by atoms with Crippen molar-refractivity contribution in [3.8, 4) is 11.5 Å². The van der Waals surface area contributed by atoms with Gasteiger partial charge in [0, 0.05) is 44.4 Å². The number of aromatic nitrogens is 1. The summed E-state index contributed by atoms with van der Waals surface area (Å²) in [7, 11) is 0.244. The number of ether oxygens (including phenoxy) is 3. The number of hydrogen-bond acceptors (Lipinski definition) is 10. The molecule has 0 saturated carbocycles. The number of benzene rings is 1. The molecule has 1 aliphatic rings. The van der Waals surface area contributed by atoms with Crippen molar-refractivity contribution in [3.63, 3.8) is 0 Å². The largest absolute Gasteiger partial charge is 0.707 e. The number of pyridine rings is 1. The van der Waals surface area contributed by atoms with Crippen LogP contribution in [-0.4, -0.2) is 67.5 Å². The quantitative estimate of drug-likeness (QED) is 0.118. The molecule has 0 bridgehead atoms. The van der Waals surface area contributed by atoms with Gasteiger partial charge in [0.2, 0.25) is 5.69 Å². The molecule has 0 unspecified atom stereocenters. The van der Waals surface area contributed by atoms with Gasteiger partial charge in [-0.1, -0.05) is 26.7 Å². The van der Waals surface area contributed by atoms with Crippen LogP contribution in [-0.2, 0) is 26.2 Å². The van der Waals surface area contributed by atoms with Crippen molar-refractivity contribution >= 4 is 27.7 Å². The maximum absolute atomic E-state index is 9.47. The Labute approximate surface area is 232 Å². The molecule has 0 amide bonds. The van der Waals surface area contributed by atoms with Crippen molar-refractivity contribution in [3.05, 3.63) is 42.2 Å². The van der Waals surface area contributed by atoms with E-state index in [0.29, 0.717) is 19.5 Å². The molecule has 1 saturated heterocycles. The van der Waals surface area contributed by atoms with Crippen LogP contribution in [0.4, 0.5) is 11.4 Å². The zero-order valence-electron chi connectivity index (χ0n) is 23.7. The number of hydrazone groups is 1. The Balaban J connectivity index is 0.000000798. The Morgan fingerprint density at radius 1 is 1.10 bits per heavy atom. The lowest BCUT2D eigenvalue weighted by Crippen LogP contribution is -2.36. The van der Waals surface area contributed by atoms with Gasteiger partial charge >= 0.3 is 0 Å². The molecule has 2 aromatic rings. The van der Waals surface area contributed by atoms with Crippen LogP contribution in [0, 0.1) is 0 Å². The molecule has 1 aromatic carbocycles. The van der Waals surface area contributed by atoms with Gasteiger partial charge in [-0.3, -0.25) is 5.01 Å². The molecule has 11 nitrogen and oxygen atoms in total. The third kappa shape index (κ3) is 11.4. The Kier molecular flexibility index (Phi) is 14.0. The van der Waals surface area contributed by atoms with E-state index in [4.69, 9.17) is 24.6 Å². The fourth-order valence-electron chi connectivity index (χ4n) is 3.61. The van der Waals surface area contributed by atoms with Crippen LogP contribution in [0.25, 0.3) is 0 Å². The van der Waals surface area contributed by atoms with E-state index in [1.165, 1.54) is 0 Å². The summed E-state index contributed by atoms with van der Waals surface area (Å²) in [5, 5.41) is 15.4. The number of unbranched alkanes of at least 4 members (excludes halogenated alkanes) is 2. The maximum atomic E-state index is 9.47. The van der Waals surface area contributed by atoms with Gasteiger partial charge in [-0.15, -0.1) is 0 Å². The summed E-state index contributed by atoms with van der Waals surface area (Å²) in [5.74, 6) is 1.69. The summed E-state index contributed by atoms with van der Waals surface area (Å²) in [6, 6.07) is 10.2. The van der Waals surface area contributed by atoms with Gasteiger partial charge in [-0.05, 0) is 18.9 Å². The number of rotatable bonds is 13. The van der Waals surface area contributed by atoms with Crippen molar-refractivity contribution in [1.29, 1.82) is 0 Å². The van der Waals surface area contributed by atoms with Crippen molar-refractivity contribution in [2.24, 2.45) is 12.1 Å². The molecule has 0 N–H and O–H groups in total. The summed E-state index contributed by atoms with van der Waals surface area (Å²) < 4.78 is 41.7. The second-order valence-corrected chi connectivity index (χ2v) is 10.6. The van der Waals surface area contributed by atoms with E-state index in [1.54, 1.807) is 0 Å². The number of hydrogen-bond donors (Lipinski definition) is 0. The van der Waals surface area contributed by atoms with Gasteiger partial charge in [0.25, 0.3) is 10.1 Å². The summed E-state index contributed by atoms with van der Waals surface area (Å²) in [6.45, 7) is 8.84. The molecule has 0 radical (unpaired) electrons. The first kappa shape index (κ1) is 32.3. The lowest BCUT2D eigenvalue weighted by Gasteiger charge is -2.31. The van der Waals surface area contributed by atoms with Crippen LogP contribution in [0.2, 0.25) is 0 Å². The summed E-state index contributed by atoms with van der Waals surface area (Å²) in [5.41, 5.74) is 2.98. The standard InChI is InChI=1S/C26H39N4O3.CH4O4S/c1-5-7-15-32-25-20-24(30-13-17-31-18-14-30)26(33-16-8-6-2)19-23(25)29(4)27-21-22-11-9-10-12-28(22)3;1-6(3,4)5-2/h9-12,19-21H,5-8,13-18H2,1-4H3;2H,1H3/q+1;/p-1. The van der Waals surface area contributed by atoms with Gasteiger partial charge in [-0.2, -0.15) is 5.10 Å². The number of nitrogens with zero attached hydrogens (tertiary/aromatic N) is 4. The second-order valence-electron chi connectivity index (χ2n) is 9.07. The first-order chi connectivity index (χ1) is 18.7. The van der Waals surface area contributed by atoms with Crippen molar-refractivity contribution in [2.75, 3.05) is 62.7 Å². The van der Waals surface area contributed by atoms with Gasteiger partial charge in [0.15, 0.2) is 6.20 Å². The Hall–Kier alpha value is -2.93. The van der Waals surface area contributed by atoms with E-state index in [1.807, 2.05) is 54.3 Å². The highest BCUT2D eigenvalue weighted by Crippen LogP contribution is 2.41. The molecule has 2 heterocycles. The van der Waals surface area contributed by atoms with Crippen LogP contribution < -0.4 is 29.2 Å². The summed E-state index contributed by atoms with van der Waals surface area (Å²) in [6.07, 6.45) is 8.76. The molecule has 1 fully saturated rings. The normalized spacial score (nSPS) is 13.6. The van der Waals surface area contributed by atoms with Gasteiger partial charge in [0.05, 0.1) is 38.4 Å². The van der Waals surface area contributed by atoms with Gasteiger partial charge in [-0.25, -0.2) is 13.0 Å². The van der Waals surface area contributed by atoms with Crippen LogP contribution in [0.3, 0.4) is 0 Å². The van der Waals surface area contributed by atoms with E-state index in [9.17, 15) is 8.42 Å².